The fourth-order valence-corrected chi connectivity index (χ4v) is 2.43. The molecule has 4 nitrogen and oxygen atoms in total. The van der Waals surface area contributed by atoms with Gasteiger partial charge in [0, 0.05) is 31.2 Å². The zero-order valence-corrected chi connectivity index (χ0v) is 14.1. The van der Waals surface area contributed by atoms with Gasteiger partial charge in [-0.25, -0.2) is 4.39 Å². The molecule has 1 saturated heterocycles. The maximum absolute atomic E-state index is 13.7. The van der Waals surface area contributed by atoms with Crippen molar-refractivity contribution in [2.45, 2.75) is 52.2 Å². The highest BCUT2D eigenvalue weighted by atomic mass is 19.1. The molecule has 1 fully saturated rings. The van der Waals surface area contributed by atoms with E-state index in [0.29, 0.717) is 31.0 Å². The third-order valence-corrected chi connectivity index (χ3v) is 3.57. The second-order valence-electron chi connectivity index (χ2n) is 5.67. The van der Waals surface area contributed by atoms with Gasteiger partial charge in [0.05, 0.1) is 6.61 Å². The van der Waals surface area contributed by atoms with Crippen LogP contribution in [0.5, 0.6) is 5.75 Å². The van der Waals surface area contributed by atoms with Gasteiger partial charge in [-0.2, -0.15) is 0 Å². The standard InChI is InChI=1S/C17H26BFO4/c1-3-10-21-18(22-11-4-2)15-9-8-14(19)13-16(15)23-17-7-5-6-12-20-17/h8-9,13,17H,3-7,10-12H2,1-2H3. The predicted molar refractivity (Wildman–Crippen MR) is 88.5 cm³/mol. The molecule has 1 aromatic rings. The molecule has 2 rings (SSSR count). The molecule has 1 aliphatic rings. The molecule has 0 spiro atoms. The topological polar surface area (TPSA) is 36.9 Å². The van der Waals surface area contributed by atoms with Crippen LogP contribution in [0.3, 0.4) is 0 Å². The van der Waals surface area contributed by atoms with Gasteiger partial charge in [-0.05, 0) is 31.7 Å². The lowest BCUT2D eigenvalue weighted by Gasteiger charge is -2.25. The maximum Gasteiger partial charge on any atom is 0.497 e. The average molecular weight is 324 g/mol. The lowest BCUT2D eigenvalue weighted by molar-refractivity contribution is -0.105. The van der Waals surface area contributed by atoms with E-state index in [1.165, 1.54) is 12.1 Å². The van der Waals surface area contributed by atoms with Gasteiger partial charge in [0.25, 0.3) is 0 Å². The van der Waals surface area contributed by atoms with Crippen LogP contribution in [0.2, 0.25) is 0 Å². The Morgan fingerprint density at radius 1 is 1.17 bits per heavy atom. The summed E-state index contributed by atoms with van der Waals surface area (Å²) in [7, 11) is -0.547. The van der Waals surface area contributed by atoms with Crippen LogP contribution >= 0.6 is 0 Å². The molecule has 1 heterocycles. The Labute approximate surface area is 138 Å². The fourth-order valence-electron chi connectivity index (χ4n) is 2.43. The Bertz CT molecular complexity index is 458. The summed E-state index contributed by atoms with van der Waals surface area (Å²) >= 11 is 0. The van der Waals surface area contributed by atoms with E-state index in [1.54, 1.807) is 6.07 Å². The van der Waals surface area contributed by atoms with Gasteiger partial charge in [0.15, 0.2) is 6.29 Å². The van der Waals surface area contributed by atoms with Gasteiger partial charge in [0.2, 0.25) is 0 Å². The van der Waals surface area contributed by atoms with Crippen molar-refractivity contribution in [3.8, 4) is 5.75 Å². The molecule has 1 aliphatic heterocycles. The van der Waals surface area contributed by atoms with Crippen LogP contribution in [0.25, 0.3) is 0 Å². The van der Waals surface area contributed by atoms with E-state index in [1.807, 2.05) is 13.8 Å². The van der Waals surface area contributed by atoms with Gasteiger partial charge >= 0.3 is 7.12 Å². The third kappa shape index (κ3) is 5.79. The smallest absolute Gasteiger partial charge is 0.465 e. The van der Waals surface area contributed by atoms with E-state index in [2.05, 4.69) is 0 Å². The van der Waals surface area contributed by atoms with Crippen LogP contribution < -0.4 is 10.2 Å². The molecular weight excluding hydrogens is 298 g/mol. The molecule has 1 atom stereocenters. The van der Waals surface area contributed by atoms with Crippen molar-refractivity contribution in [1.29, 1.82) is 0 Å². The van der Waals surface area contributed by atoms with Crippen LogP contribution in [-0.2, 0) is 14.0 Å². The monoisotopic (exact) mass is 324 g/mol. The minimum absolute atomic E-state index is 0.331. The highest BCUT2D eigenvalue weighted by molar-refractivity contribution is 6.62. The molecule has 0 amide bonds. The minimum Gasteiger partial charge on any atom is -0.465 e. The number of benzene rings is 1. The average Bonchev–Trinajstić information content (AvgIpc) is 2.57. The van der Waals surface area contributed by atoms with E-state index >= 15 is 0 Å². The fraction of sp³-hybridized carbons (Fsp3) is 0.647. The normalized spacial score (nSPS) is 18.0. The molecule has 1 aromatic carbocycles. The molecule has 0 saturated carbocycles. The first-order valence-corrected chi connectivity index (χ1v) is 8.55. The minimum atomic E-state index is -0.547. The number of ether oxygens (including phenoxy) is 2. The van der Waals surface area contributed by atoms with Gasteiger partial charge in [0.1, 0.15) is 11.6 Å². The van der Waals surface area contributed by atoms with Crippen LogP contribution in [-0.4, -0.2) is 33.2 Å². The van der Waals surface area contributed by atoms with Crippen molar-refractivity contribution in [3.05, 3.63) is 24.0 Å². The van der Waals surface area contributed by atoms with Crippen LogP contribution in [0.15, 0.2) is 18.2 Å². The summed E-state index contributed by atoms with van der Waals surface area (Å²) in [4.78, 5) is 0. The molecular formula is C17H26BFO4. The van der Waals surface area contributed by atoms with E-state index in [9.17, 15) is 4.39 Å². The van der Waals surface area contributed by atoms with Gasteiger partial charge < -0.3 is 18.8 Å². The third-order valence-electron chi connectivity index (χ3n) is 3.57. The van der Waals surface area contributed by atoms with Crippen molar-refractivity contribution in [2.24, 2.45) is 0 Å². The zero-order valence-electron chi connectivity index (χ0n) is 14.1. The number of rotatable bonds is 9. The van der Waals surface area contributed by atoms with Crippen molar-refractivity contribution >= 4 is 12.6 Å². The van der Waals surface area contributed by atoms with Crippen molar-refractivity contribution in [2.75, 3.05) is 19.8 Å². The zero-order chi connectivity index (χ0) is 16.5. The summed E-state index contributed by atoms with van der Waals surface area (Å²) in [5.74, 6) is 0.0957. The van der Waals surface area contributed by atoms with E-state index in [4.69, 9.17) is 18.8 Å². The molecule has 0 aliphatic carbocycles. The summed E-state index contributed by atoms with van der Waals surface area (Å²) in [5.41, 5.74) is 0.711. The Morgan fingerprint density at radius 2 is 1.91 bits per heavy atom. The molecule has 1 unspecified atom stereocenters. The first kappa shape index (κ1) is 18.2. The molecule has 0 aromatic heterocycles. The van der Waals surface area contributed by atoms with Crippen LogP contribution in [0, 0.1) is 5.82 Å². The molecule has 23 heavy (non-hydrogen) atoms. The largest absolute Gasteiger partial charge is 0.497 e. The molecule has 0 bridgehead atoms. The first-order chi connectivity index (χ1) is 11.2. The Morgan fingerprint density at radius 3 is 2.52 bits per heavy atom. The summed E-state index contributed by atoms with van der Waals surface area (Å²) in [6.07, 6.45) is 4.34. The summed E-state index contributed by atoms with van der Waals surface area (Å²) in [5, 5.41) is 0. The first-order valence-electron chi connectivity index (χ1n) is 8.55. The SMILES string of the molecule is CCCOB(OCCC)c1ccc(F)cc1OC1CCCCO1. The van der Waals surface area contributed by atoms with Crippen molar-refractivity contribution in [3.63, 3.8) is 0 Å². The Hall–Kier alpha value is -1.11. The Kier molecular flexibility index (Phi) is 7.85. The highest BCUT2D eigenvalue weighted by Gasteiger charge is 2.27. The van der Waals surface area contributed by atoms with Crippen molar-refractivity contribution in [1.82, 2.24) is 0 Å². The van der Waals surface area contributed by atoms with Gasteiger partial charge in [-0.3, -0.25) is 0 Å². The summed E-state index contributed by atoms with van der Waals surface area (Å²) in [6.45, 7) is 5.90. The van der Waals surface area contributed by atoms with Gasteiger partial charge in [-0.15, -0.1) is 0 Å². The lowest BCUT2D eigenvalue weighted by atomic mass is 9.78. The highest BCUT2D eigenvalue weighted by Crippen LogP contribution is 2.20. The molecule has 6 heteroatoms. The van der Waals surface area contributed by atoms with Gasteiger partial charge in [-0.1, -0.05) is 19.9 Å². The van der Waals surface area contributed by atoms with Crippen LogP contribution in [0.1, 0.15) is 46.0 Å². The molecule has 0 N–H and O–H groups in total. The molecule has 128 valence electrons. The quantitative estimate of drug-likeness (QED) is 0.653. The second-order valence-corrected chi connectivity index (χ2v) is 5.67. The summed E-state index contributed by atoms with van der Waals surface area (Å²) in [6, 6.07) is 4.45. The maximum atomic E-state index is 13.7. The second kappa shape index (κ2) is 9.91. The number of hydrogen-bond acceptors (Lipinski definition) is 4. The number of hydrogen-bond donors (Lipinski definition) is 0. The van der Waals surface area contributed by atoms with Crippen molar-refractivity contribution < 1.29 is 23.2 Å². The van der Waals surface area contributed by atoms with E-state index < -0.39 is 7.12 Å². The van der Waals surface area contributed by atoms with E-state index in [0.717, 1.165) is 32.1 Å². The Balaban J connectivity index is 2.15. The lowest BCUT2D eigenvalue weighted by Crippen LogP contribution is -2.40. The predicted octanol–water partition coefficient (Wildman–Crippen LogP) is 3.28. The summed E-state index contributed by atoms with van der Waals surface area (Å²) < 4.78 is 36.7. The number of halogens is 1. The molecule has 0 radical (unpaired) electrons. The van der Waals surface area contributed by atoms with E-state index in [-0.39, 0.29) is 12.1 Å². The van der Waals surface area contributed by atoms with Crippen LogP contribution in [0.4, 0.5) is 4.39 Å².